The average molecular weight is 261 g/mol. The summed E-state index contributed by atoms with van der Waals surface area (Å²) >= 11 is 1.82. The van der Waals surface area contributed by atoms with Crippen molar-refractivity contribution in [2.24, 2.45) is 0 Å². The van der Waals surface area contributed by atoms with Gasteiger partial charge in [-0.1, -0.05) is 12.1 Å². The third kappa shape index (κ3) is 2.16. The Morgan fingerprint density at radius 1 is 1.44 bits per heavy atom. The van der Waals surface area contributed by atoms with E-state index in [-0.39, 0.29) is 0 Å². The summed E-state index contributed by atoms with van der Waals surface area (Å²) in [4.78, 5) is 7.22. The predicted molar refractivity (Wildman–Crippen MR) is 77.1 cm³/mol. The highest BCUT2D eigenvalue weighted by Gasteiger charge is 2.25. The number of benzene rings is 1. The second-order valence-corrected chi connectivity index (χ2v) is 6.07. The van der Waals surface area contributed by atoms with Gasteiger partial charge in [-0.05, 0) is 39.1 Å². The topological polar surface area (TPSA) is 28.2 Å². The van der Waals surface area contributed by atoms with Crippen LogP contribution in [0.15, 0.2) is 24.3 Å². The Labute approximate surface area is 112 Å². The lowest BCUT2D eigenvalue weighted by Crippen LogP contribution is -2.35. The lowest BCUT2D eigenvalue weighted by molar-refractivity contribution is 0.197. The van der Waals surface area contributed by atoms with Crippen LogP contribution < -0.4 is 5.32 Å². The monoisotopic (exact) mass is 261 g/mol. The molecule has 96 valence electrons. The van der Waals surface area contributed by atoms with E-state index in [1.807, 2.05) is 11.3 Å². The Bertz CT molecular complexity index is 498. The van der Waals surface area contributed by atoms with Crippen molar-refractivity contribution in [3.8, 4) is 0 Å². The van der Waals surface area contributed by atoms with Crippen molar-refractivity contribution in [1.29, 1.82) is 0 Å². The minimum atomic E-state index is 0.396. The molecule has 18 heavy (non-hydrogen) atoms. The van der Waals surface area contributed by atoms with E-state index in [1.54, 1.807) is 0 Å². The van der Waals surface area contributed by atoms with Crippen molar-refractivity contribution in [2.45, 2.75) is 25.4 Å². The van der Waals surface area contributed by atoms with Crippen LogP contribution in [0.1, 0.15) is 24.4 Å². The molecule has 0 spiro atoms. The molecule has 1 N–H and O–H groups in total. The SMILES string of the molecule is CC(c1nc2ccccc2s1)N(C)C1CCNC1. The molecule has 3 rings (SSSR count). The van der Waals surface area contributed by atoms with Crippen LogP contribution in [0, 0.1) is 0 Å². The number of aromatic nitrogens is 1. The number of para-hydroxylation sites is 1. The van der Waals surface area contributed by atoms with Crippen LogP contribution in [0.5, 0.6) is 0 Å². The lowest BCUT2D eigenvalue weighted by Gasteiger charge is -2.28. The zero-order valence-corrected chi connectivity index (χ0v) is 11.7. The molecule has 0 saturated carbocycles. The Morgan fingerprint density at radius 3 is 3.00 bits per heavy atom. The normalized spacial score (nSPS) is 21.8. The molecular weight excluding hydrogens is 242 g/mol. The molecule has 1 fully saturated rings. The molecular formula is C14H19N3S. The molecule has 0 bridgehead atoms. The highest BCUT2D eigenvalue weighted by molar-refractivity contribution is 7.18. The third-order valence-corrected chi connectivity index (χ3v) is 5.10. The van der Waals surface area contributed by atoms with E-state index in [2.05, 4.69) is 48.5 Å². The van der Waals surface area contributed by atoms with Crippen LogP contribution in [0.3, 0.4) is 0 Å². The van der Waals surface area contributed by atoms with E-state index < -0.39 is 0 Å². The number of nitrogens with zero attached hydrogens (tertiary/aromatic N) is 2. The maximum Gasteiger partial charge on any atom is 0.111 e. The number of hydrogen-bond donors (Lipinski definition) is 1. The number of likely N-dealkylation sites (N-methyl/N-ethyl adjacent to an activating group) is 1. The second kappa shape index (κ2) is 4.96. The summed E-state index contributed by atoms with van der Waals surface area (Å²) in [6.07, 6.45) is 1.24. The van der Waals surface area contributed by atoms with Crippen LogP contribution in [0.2, 0.25) is 0 Å². The summed E-state index contributed by atoms with van der Waals surface area (Å²) in [6, 6.07) is 9.43. The van der Waals surface area contributed by atoms with Crippen LogP contribution in [-0.4, -0.2) is 36.1 Å². The van der Waals surface area contributed by atoms with Crippen molar-refractivity contribution < 1.29 is 0 Å². The minimum absolute atomic E-state index is 0.396. The fraction of sp³-hybridized carbons (Fsp3) is 0.500. The van der Waals surface area contributed by atoms with Gasteiger partial charge in [-0.25, -0.2) is 4.98 Å². The van der Waals surface area contributed by atoms with Gasteiger partial charge in [-0.2, -0.15) is 0 Å². The molecule has 1 aliphatic rings. The van der Waals surface area contributed by atoms with E-state index in [9.17, 15) is 0 Å². The van der Waals surface area contributed by atoms with E-state index in [1.165, 1.54) is 16.1 Å². The van der Waals surface area contributed by atoms with Crippen LogP contribution >= 0.6 is 11.3 Å². The summed E-state index contributed by atoms with van der Waals surface area (Å²) in [5.74, 6) is 0. The Hall–Kier alpha value is -0.970. The molecule has 3 nitrogen and oxygen atoms in total. The number of fused-ring (bicyclic) bond motifs is 1. The van der Waals surface area contributed by atoms with Crippen LogP contribution in [0.4, 0.5) is 0 Å². The van der Waals surface area contributed by atoms with Crippen LogP contribution in [-0.2, 0) is 0 Å². The van der Waals surface area contributed by atoms with Gasteiger partial charge in [0.2, 0.25) is 0 Å². The maximum atomic E-state index is 4.76. The average Bonchev–Trinajstić information content (AvgIpc) is 3.05. The number of nitrogens with one attached hydrogen (secondary N) is 1. The van der Waals surface area contributed by atoms with Crippen molar-refractivity contribution >= 4 is 21.6 Å². The van der Waals surface area contributed by atoms with Crippen molar-refractivity contribution in [3.63, 3.8) is 0 Å². The zero-order chi connectivity index (χ0) is 12.5. The highest BCUT2D eigenvalue weighted by atomic mass is 32.1. The van der Waals surface area contributed by atoms with E-state index in [0.29, 0.717) is 12.1 Å². The third-order valence-electron chi connectivity index (χ3n) is 3.89. The molecule has 0 radical (unpaired) electrons. The summed E-state index contributed by atoms with van der Waals surface area (Å²) in [5, 5.41) is 4.65. The van der Waals surface area contributed by atoms with Gasteiger partial charge in [-0.15, -0.1) is 11.3 Å². The molecule has 1 aromatic heterocycles. The summed E-state index contributed by atoms with van der Waals surface area (Å²) in [6.45, 7) is 4.50. The first-order valence-electron chi connectivity index (χ1n) is 6.54. The molecule has 0 aliphatic carbocycles. The molecule has 1 aromatic carbocycles. The molecule has 4 heteroatoms. The minimum Gasteiger partial charge on any atom is -0.315 e. The van der Waals surface area contributed by atoms with Gasteiger partial charge in [0.05, 0.1) is 16.3 Å². The quantitative estimate of drug-likeness (QED) is 0.920. The summed E-state index contributed by atoms with van der Waals surface area (Å²) in [7, 11) is 2.22. The van der Waals surface area contributed by atoms with Gasteiger partial charge < -0.3 is 5.32 Å². The van der Waals surface area contributed by atoms with E-state index in [0.717, 1.165) is 18.6 Å². The van der Waals surface area contributed by atoms with Crippen LogP contribution in [0.25, 0.3) is 10.2 Å². The molecule has 0 amide bonds. The number of hydrogen-bond acceptors (Lipinski definition) is 4. The lowest BCUT2D eigenvalue weighted by atomic mass is 10.2. The maximum absolute atomic E-state index is 4.76. The number of thiazole rings is 1. The highest BCUT2D eigenvalue weighted by Crippen LogP contribution is 2.30. The van der Waals surface area contributed by atoms with Crippen molar-refractivity contribution in [1.82, 2.24) is 15.2 Å². The van der Waals surface area contributed by atoms with Gasteiger partial charge in [-0.3, -0.25) is 4.90 Å². The second-order valence-electron chi connectivity index (χ2n) is 5.01. The van der Waals surface area contributed by atoms with Crippen molar-refractivity contribution in [2.75, 3.05) is 20.1 Å². The molecule has 2 unspecified atom stereocenters. The number of rotatable bonds is 3. The molecule has 1 saturated heterocycles. The van der Waals surface area contributed by atoms with Gasteiger partial charge in [0.15, 0.2) is 0 Å². The fourth-order valence-corrected chi connectivity index (χ4v) is 3.62. The Balaban J connectivity index is 1.84. The smallest absolute Gasteiger partial charge is 0.111 e. The molecule has 1 aliphatic heterocycles. The first-order valence-corrected chi connectivity index (χ1v) is 7.35. The first-order chi connectivity index (χ1) is 8.75. The van der Waals surface area contributed by atoms with Gasteiger partial charge >= 0.3 is 0 Å². The molecule has 2 atom stereocenters. The van der Waals surface area contributed by atoms with Crippen molar-refractivity contribution in [3.05, 3.63) is 29.3 Å². The summed E-state index contributed by atoms with van der Waals surface area (Å²) in [5.41, 5.74) is 1.13. The van der Waals surface area contributed by atoms with Gasteiger partial charge in [0, 0.05) is 12.6 Å². The fourth-order valence-electron chi connectivity index (χ4n) is 2.55. The Morgan fingerprint density at radius 2 is 2.28 bits per heavy atom. The first kappa shape index (κ1) is 12.1. The van der Waals surface area contributed by atoms with Gasteiger partial charge in [0.25, 0.3) is 0 Å². The molecule has 2 aromatic rings. The largest absolute Gasteiger partial charge is 0.315 e. The molecule has 2 heterocycles. The standard InChI is InChI=1S/C14H19N3S/c1-10(17(2)11-7-8-15-9-11)14-16-12-5-3-4-6-13(12)18-14/h3-6,10-11,15H,7-9H2,1-2H3. The predicted octanol–water partition coefficient (Wildman–Crippen LogP) is 2.65. The van der Waals surface area contributed by atoms with E-state index >= 15 is 0 Å². The van der Waals surface area contributed by atoms with E-state index in [4.69, 9.17) is 4.98 Å². The zero-order valence-electron chi connectivity index (χ0n) is 10.9. The summed E-state index contributed by atoms with van der Waals surface area (Å²) < 4.78 is 1.29. The Kier molecular flexibility index (Phi) is 3.33. The van der Waals surface area contributed by atoms with Gasteiger partial charge in [0.1, 0.15) is 5.01 Å².